The molecule has 2 heterocycles. The highest BCUT2D eigenvalue weighted by atomic mass is 32.1. The number of esters is 1. The van der Waals surface area contributed by atoms with Crippen molar-refractivity contribution in [2.75, 3.05) is 25.5 Å². The fourth-order valence-corrected chi connectivity index (χ4v) is 3.79. The first kappa shape index (κ1) is 20.1. The third-order valence-corrected chi connectivity index (χ3v) is 5.21. The number of anilines is 1. The first-order valence-corrected chi connectivity index (χ1v) is 9.29. The fourth-order valence-electron chi connectivity index (χ4n) is 2.73. The number of amides is 1. The van der Waals surface area contributed by atoms with Gasteiger partial charge < -0.3 is 10.1 Å². The Morgan fingerprint density at radius 2 is 2.04 bits per heavy atom. The number of hydrogen-bond acceptors (Lipinski definition) is 6. The number of carbonyl (C=O) groups is 2. The summed E-state index contributed by atoms with van der Waals surface area (Å²) in [5, 5.41) is 7.73. The predicted octanol–water partition coefficient (Wildman–Crippen LogP) is 2.65. The molecule has 0 fully saturated rings. The van der Waals surface area contributed by atoms with Crippen molar-refractivity contribution in [2.45, 2.75) is 34.2 Å². The minimum Gasteiger partial charge on any atom is -0.462 e. The molecule has 0 aliphatic heterocycles. The number of thiophene rings is 1. The number of ether oxygens (including phenoxy) is 1. The average Bonchev–Trinajstić information content (AvgIpc) is 2.98. The lowest BCUT2D eigenvalue weighted by atomic mass is 10.1. The van der Waals surface area contributed by atoms with Crippen molar-refractivity contribution in [2.24, 2.45) is 7.05 Å². The molecule has 0 aliphatic carbocycles. The maximum Gasteiger partial charge on any atom is 0.341 e. The first-order chi connectivity index (χ1) is 12.2. The third-order valence-electron chi connectivity index (χ3n) is 4.09. The van der Waals surface area contributed by atoms with Gasteiger partial charge in [0.1, 0.15) is 5.00 Å². The number of nitrogens with zero attached hydrogens (tertiary/aromatic N) is 3. The second kappa shape index (κ2) is 8.46. The van der Waals surface area contributed by atoms with Gasteiger partial charge in [0.15, 0.2) is 0 Å². The van der Waals surface area contributed by atoms with Crippen molar-refractivity contribution in [1.82, 2.24) is 14.7 Å². The number of likely N-dealkylation sites (N-methyl/N-ethyl adjacent to an activating group) is 1. The predicted molar refractivity (Wildman–Crippen MR) is 103 cm³/mol. The highest BCUT2D eigenvalue weighted by Crippen LogP contribution is 2.33. The molecule has 2 aromatic heterocycles. The van der Waals surface area contributed by atoms with Crippen LogP contribution in [0.2, 0.25) is 0 Å². The van der Waals surface area contributed by atoms with E-state index in [1.807, 2.05) is 46.0 Å². The van der Waals surface area contributed by atoms with Crippen LogP contribution >= 0.6 is 11.3 Å². The molecule has 0 aromatic carbocycles. The molecule has 142 valence electrons. The lowest BCUT2D eigenvalue weighted by Gasteiger charge is -2.16. The lowest BCUT2D eigenvalue weighted by Crippen LogP contribution is -2.30. The van der Waals surface area contributed by atoms with Crippen molar-refractivity contribution in [3.63, 3.8) is 0 Å². The van der Waals surface area contributed by atoms with Crippen LogP contribution in [0.4, 0.5) is 5.00 Å². The molecular formula is C18H26N4O3S. The summed E-state index contributed by atoms with van der Waals surface area (Å²) in [6, 6.07) is 0. The highest BCUT2D eigenvalue weighted by molar-refractivity contribution is 7.16. The van der Waals surface area contributed by atoms with Gasteiger partial charge in [-0.15, -0.1) is 11.3 Å². The summed E-state index contributed by atoms with van der Waals surface area (Å²) >= 11 is 1.40. The van der Waals surface area contributed by atoms with Gasteiger partial charge in [0, 0.05) is 30.2 Å². The van der Waals surface area contributed by atoms with Gasteiger partial charge in [0.05, 0.1) is 24.4 Å². The van der Waals surface area contributed by atoms with Crippen LogP contribution in [0.25, 0.3) is 0 Å². The van der Waals surface area contributed by atoms with Crippen LogP contribution in [0.5, 0.6) is 0 Å². The molecule has 2 aromatic rings. The average molecular weight is 378 g/mol. The van der Waals surface area contributed by atoms with Crippen molar-refractivity contribution in [3.8, 4) is 0 Å². The minimum atomic E-state index is -0.399. The van der Waals surface area contributed by atoms with Crippen LogP contribution < -0.4 is 5.32 Å². The normalized spacial score (nSPS) is 11.0. The Bertz CT molecular complexity index is 810. The van der Waals surface area contributed by atoms with E-state index < -0.39 is 5.97 Å². The van der Waals surface area contributed by atoms with Crippen molar-refractivity contribution < 1.29 is 14.3 Å². The minimum absolute atomic E-state index is 0.166. The molecular weight excluding hydrogens is 352 g/mol. The fraction of sp³-hybridized carbons (Fsp3) is 0.500. The zero-order valence-electron chi connectivity index (χ0n) is 16.2. The van der Waals surface area contributed by atoms with E-state index in [0.717, 1.165) is 21.7 Å². The number of nitrogens with one attached hydrogen (secondary N) is 1. The molecule has 0 unspecified atom stereocenters. The number of rotatable bonds is 7. The summed E-state index contributed by atoms with van der Waals surface area (Å²) in [6.45, 7) is 8.65. The highest BCUT2D eigenvalue weighted by Gasteiger charge is 2.22. The second-order valence-electron chi connectivity index (χ2n) is 6.34. The van der Waals surface area contributed by atoms with Gasteiger partial charge in [-0.1, -0.05) is 0 Å². The van der Waals surface area contributed by atoms with Crippen molar-refractivity contribution >= 4 is 28.2 Å². The van der Waals surface area contributed by atoms with E-state index in [0.29, 0.717) is 23.7 Å². The maximum absolute atomic E-state index is 12.4. The monoisotopic (exact) mass is 378 g/mol. The number of carbonyl (C=O) groups excluding carboxylic acids is 2. The van der Waals surface area contributed by atoms with Crippen LogP contribution in [0.3, 0.4) is 0 Å². The molecule has 0 bridgehead atoms. The maximum atomic E-state index is 12.4. The molecule has 26 heavy (non-hydrogen) atoms. The van der Waals surface area contributed by atoms with E-state index in [-0.39, 0.29) is 12.5 Å². The van der Waals surface area contributed by atoms with Gasteiger partial charge in [-0.3, -0.25) is 14.4 Å². The van der Waals surface area contributed by atoms with E-state index in [1.54, 1.807) is 11.6 Å². The van der Waals surface area contributed by atoms with Crippen molar-refractivity contribution in [1.29, 1.82) is 0 Å². The molecule has 8 heteroatoms. The summed E-state index contributed by atoms with van der Waals surface area (Å²) < 4.78 is 6.88. The van der Waals surface area contributed by atoms with Crippen LogP contribution in [0.15, 0.2) is 6.20 Å². The van der Waals surface area contributed by atoms with E-state index in [4.69, 9.17) is 4.74 Å². The van der Waals surface area contributed by atoms with E-state index in [9.17, 15) is 9.59 Å². The van der Waals surface area contributed by atoms with E-state index >= 15 is 0 Å². The zero-order chi connectivity index (χ0) is 19.4. The van der Waals surface area contributed by atoms with Gasteiger partial charge in [-0.05, 0) is 40.3 Å². The second-order valence-corrected chi connectivity index (χ2v) is 7.57. The molecule has 1 amide bonds. The Hall–Kier alpha value is -2.19. The molecule has 2 rings (SSSR count). The third kappa shape index (κ3) is 4.70. The summed E-state index contributed by atoms with van der Waals surface area (Å²) in [4.78, 5) is 27.5. The summed E-state index contributed by atoms with van der Waals surface area (Å²) in [5.41, 5.74) is 3.34. The van der Waals surface area contributed by atoms with Crippen molar-refractivity contribution in [3.05, 3.63) is 33.5 Å². The summed E-state index contributed by atoms with van der Waals surface area (Å²) in [5.74, 6) is -0.565. The van der Waals surface area contributed by atoms with Gasteiger partial charge in [0.25, 0.3) is 0 Å². The molecule has 0 radical (unpaired) electrons. The Balaban J connectivity index is 2.04. The summed E-state index contributed by atoms with van der Waals surface area (Å²) in [6.07, 6.45) is 1.95. The lowest BCUT2D eigenvalue weighted by molar-refractivity contribution is -0.117. The quantitative estimate of drug-likeness (QED) is 0.750. The Labute approximate surface area is 157 Å². The molecule has 7 nitrogen and oxygen atoms in total. The van der Waals surface area contributed by atoms with Gasteiger partial charge in [0.2, 0.25) is 5.91 Å². The molecule has 1 N–H and O–H groups in total. The van der Waals surface area contributed by atoms with E-state index in [2.05, 4.69) is 10.4 Å². The Morgan fingerprint density at radius 3 is 2.62 bits per heavy atom. The number of aryl methyl sites for hydroxylation is 3. The van der Waals surface area contributed by atoms with E-state index in [1.165, 1.54) is 11.3 Å². The number of hydrogen-bond donors (Lipinski definition) is 1. The molecule has 0 saturated carbocycles. The Morgan fingerprint density at radius 1 is 1.35 bits per heavy atom. The summed E-state index contributed by atoms with van der Waals surface area (Å²) in [7, 11) is 3.75. The standard InChI is InChI=1S/C18H26N4O3S/c1-7-25-18(24)16-11(2)13(4)26-17(16)19-15(23)10-21(5)8-14-9-22(6)20-12(14)3/h9H,7-8,10H2,1-6H3,(H,19,23). The molecule has 0 spiro atoms. The van der Waals surface area contributed by atoms with Crippen LogP contribution in [0.1, 0.15) is 39.0 Å². The van der Waals surface area contributed by atoms with Gasteiger partial charge in [-0.25, -0.2) is 4.79 Å². The molecule has 0 aliphatic rings. The molecule has 0 atom stereocenters. The van der Waals surface area contributed by atoms with Gasteiger partial charge >= 0.3 is 5.97 Å². The first-order valence-electron chi connectivity index (χ1n) is 8.47. The SMILES string of the molecule is CCOC(=O)c1c(NC(=O)CN(C)Cc2cn(C)nc2C)sc(C)c1C. The molecule has 0 saturated heterocycles. The van der Waals surface area contributed by atoms with Crippen LogP contribution in [0, 0.1) is 20.8 Å². The van der Waals surface area contributed by atoms with Crippen LogP contribution in [-0.2, 0) is 23.1 Å². The largest absolute Gasteiger partial charge is 0.462 e. The number of aromatic nitrogens is 2. The zero-order valence-corrected chi connectivity index (χ0v) is 17.0. The van der Waals surface area contributed by atoms with Crippen LogP contribution in [-0.4, -0.2) is 46.8 Å². The smallest absolute Gasteiger partial charge is 0.341 e. The topological polar surface area (TPSA) is 76.5 Å². The van der Waals surface area contributed by atoms with Gasteiger partial charge in [-0.2, -0.15) is 5.10 Å². The Kier molecular flexibility index (Phi) is 6.55.